The Kier molecular flexibility index (Phi) is 5.64. The lowest BCUT2D eigenvalue weighted by Crippen LogP contribution is -2.48. The Morgan fingerprint density at radius 3 is 2.61 bits per heavy atom. The normalized spacial score (nSPS) is 19.9. The lowest BCUT2D eigenvalue weighted by atomic mass is 9.98. The highest BCUT2D eigenvalue weighted by molar-refractivity contribution is 8.00. The van der Waals surface area contributed by atoms with Gasteiger partial charge in [-0.1, -0.05) is 41.6 Å². The number of hydrogen-bond donors (Lipinski definition) is 0. The molecule has 28 heavy (non-hydrogen) atoms. The molecule has 2 aromatic heterocycles. The maximum atomic E-state index is 12.8. The molecule has 2 atom stereocenters. The number of likely N-dealkylation sites (tertiary alicyclic amines) is 1. The number of fused-ring (bicyclic) bond motifs is 1. The van der Waals surface area contributed by atoms with Crippen LogP contribution in [0.2, 0.25) is 0 Å². The fraction of sp³-hybridized carbons (Fsp3) is 0.429. The van der Waals surface area contributed by atoms with Gasteiger partial charge in [-0.25, -0.2) is 9.97 Å². The van der Waals surface area contributed by atoms with Crippen molar-refractivity contribution in [3.63, 3.8) is 0 Å². The van der Waals surface area contributed by atoms with Gasteiger partial charge in [0.15, 0.2) is 0 Å². The molecule has 1 aromatic carbocycles. The summed E-state index contributed by atoms with van der Waals surface area (Å²) >= 11 is 2.90. The van der Waals surface area contributed by atoms with Gasteiger partial charge in [0.2, 0.25) is 5.91 Å². The Labute approximate surface area is 173 Å². The van der Waals surface area contributed by atoms with E-state index in [2.05, 4.69) is 64.3 Å². The van der Waals surface area contributed by atoms with E-state index < -0.39 is 0 Å². The molecule has 4 rings (SSSR count). The zero-order chi connectivity index (χ0) is 19.7. The fourth-order valence-electron chi connectivity index (χ4n) is 3.86. The molecule has 0 bridgehead atoms. The molecule has 7 heteroatoms. The second-order valence-electron chi connectivity index (χ2n) is 7.47. The third kappa shape index (κ3) is 3.78. The van der Waals surface area contributed by atoms with Crippen LogP contribution in [0.25, 0.3) is 21.5 Å². The summed E-state index contributed by atoms with van der Waals surface area (Å²) in [6.45, 7) is 6.37. The van der Waals surface area contributed by atoms with Gasteiger partial charge >= 0.3 is 0 Å². The number of benzene rings is 1. The van der Waals surface area contributed by atoms with Crippen molar-refractivity contribution < 1.29 is 4.79 Å². The molecular formula is C21H24N4OS2. The number of carbonyl (C=O) groups excluding carboxylic acids is 1. The first-order chi connectivity index (χ1) is 13.5. The number of aryl methyl sites for hydroxylation is 1. The third-order valence-corrected chi connectivity index (χ3v) is 7.31. The molecule has 146 valence electrons. The lowest BCUT2D eigenvalue weighted by Gasteiger charge is -2.39. The number of piperidine rings is 1. The highest BCUT2D eigenvalue weighted by Crippen LogP contribution is 2.35. The highest BCUT2D eigenvalue weighted by Gasteiger charge is 2.29. The van der Waals surface area contributed by atoms with Crippen LogP contribution in [0.15, 0.2) is 35.6 Å². The molecule has 1 amide bonds. The van der Waals surface area contributed by atoms with Gasteiger partial charge in [-0.15, -0.1) is 0 Å². The number of amides is 1. The summed E-state index contributed by atoms with van der Waals surface area (Å²) in [6.07, 6.45) is 4.96. The van der Waals surface area contributed by atoms with E-state index in [1.165, 1.54) is 35.3 Å². The smallest absolute Gasteiger partial charge is 0.233 e. The van der Waals surface area contributed by atoms with E-state index in [9.17, 15) is 4.79 Å². The van der Waals surface area contributed by atoms with Crippen LogP contribution in [0.1, 0.15) is 38.7 Å². The largest absolute Gasteiger partial charge is 0.337 e. The number of rotatable bonds is 4. The highest BCUT2D eigenvalue weighted by atomic mass is 32.2. The Balaban J connectivity index is 1.55. The molecule has 0 spiro atoms. The lowest BCUT2D eigenvalue weighted by molar-refractivity contribution is -0.134. The van der Waals surface area contributed by atoms with Crippen LogP contribution < -0.4 is 0 Å². The Hall–Kier alpha value is -1.99. The SMILES string of the molecule is Cc1ccc(-c2nsc3c(SCC(=O)N4C(C)CCCC4C)ncnc23)cc1. The van der Waals surface area contributed by atoms with Crippen molar-refractivity contribution in [2.75, 3.05) is 5.75 Å². The summed E-state index contributed by atoms with van der Waals surface area (Å²) in [4.78, 5) is 23.8. The van der Waals surface area contributed by atoms with Crippen LogP contribution in [0.4, 0.5) is 0 Å². The third-order valence-electron chi connectivity index (χ3n) is 5.36. The molecule has 3 heterocycles. The standard InChI is InChI=1S/C21H24N4OS2/c1-13-7-9-16(10-8-13)18-19-20(28-24-18)21(23-12-22-19)27-11-17(26)25-14(2)5-4-6-15(25)3/h7-10,12,14-15H,4-6,11H2,1-3H3. The molecule has 2 unspecified atom stereocenters. The molecule has 1 aliphatic rings. The molecule has 0 saturated carbocycles. The van der Waals surface area contributed by atoms with E-state index in [1.54, 1.807) is 6.33 Å². The van der Waals surface area contributed by atoms with Gasteiger partial charge in [0.25, 0.3) is 0 Å². The van der Waals surface area contributed by atoms with Gasteiger partial charge in [-0.3, -0.25) is 4.79 Å². The van der Waals surface area contributed by atoms with E-state index in [4.69, 9.17) is 0 Å². The van der Waals surface area contributed by atoms with Crippen LogP contribution in [-0.4, -0.2) is 43.0 Å². The number of nitrogens with zero attached hydrogens (tertiary/aromatic N) is 4. The minimum atomic E-state index is 0.194. The second-order valence-corrected chi connectivity index (χ2v) is 9.21. The average molecular weight is 413 g/mol. The summed E-state index contributed by atoms with van der Waals surface area (Å²) < 4.78 is 5.58. The van der Waals surface area contributed by atoms with Gasteiger partial charge < -0.3 is 4.90 Å². The molecule has 0 radical (unpaired) electrons. The zero-order valence-electron chi connectivity index (χ0n) is 16.4. The Bertz CT molecular complexity index is 976. The van der Waals surface area contributed by atoms with Crippen LogP contribution in [0.5, 0.6) is 0 Å². The molecule has 0 N–H and O–H groups in total. The summed E-state index contributed by atoms with van der Waals surface area (Å²) in [5.41, 5.74) is 4.01. The minimum absolute atomic E-state index is 0.194. The summed E-state index contributed by atoms with van der Waals surface area (Å²) in [5.74, 6) is 0.596. The number of aromatic nitrogens is 3. The predicted octanol–water partition coefficient (Wildman–Crippen LogP) is 4.94. The van der Waals surface area contributed by atoms with Gasteiger partial charge in [0, 0.05) is 17.6 Å². The van der Waals surface area contributed by atoms with Crippen molar-refractivity contribution in [3.8, 4) is 11.3 Å². The summed E-state index contributed by atoms with van der Waals surface area (Å²) in [7, 11) is 0. The van der Waals surface area contributed by atoms with Gasteiger partial charge in [0.05, 0.1) is 5.75 Å². The molecule has 1 saturated heterocycles. The quantitative estimate of drug-likeness (QED) is 0.448. The van der Waals surface area contributed by atoms with Gasteiger partial charge in [-0.2, -0.15) is 4.37 Å². The Morgan fingerprint density at radius 1 is 1.18 bits per heavy atom. The first-order valence-corrected chi connectivity index (χ1v) is 11.4. The molecular weight excluding hydrogens is 388 g/mol. The fourth-order valence-corrected chi connectivity index (χ4v) is 5.65. The monoisotopic (exact) mass is 412 g/mol. The van der Waals surface area contributed by atoms with Crippen molar-refractivity contribution in [1.82, 2.24) is 19.2 Å². The zero-order valence-corrected chi connectivity index (χ0v) is 18.0. The van der Waals surface area contributed by atoms with Crippen LogP contribution in [-0.2, 0) is 4.79 Å². The molecule has 5 nitrogen and oxygen atoms in total. The number of hydrogen-bond acceptors (Lipinski definition) is 6. The first-order valence-electron chi connectivity index (χ1n) is 9.66. The van der Waals surface area contributed by atoms with E-state index in [0.29, 0.717) is 17.8 Å². The van der Waals surface area contributed by atoms with Crippen molar-refractivity contribution in [2.24, 2.45) is 0 Å². The van der Waals surface area contributed by atoms with Crippen molar-refractivity contribution in [3.05, 3.63) is 36.2 Å². The predicted molar refractivity (Wildman–Crippen MR) is 116 cm³/mol. The van der Waals surface area contributed by atoms with Crippen LogP contribution in [0.3, 0.4) is 0 Å². The topological polar surface area (TPSA) is 59.0 Å². The average Bonchev–Trinajstić information content (AvgIpc) is 3.11. The molecule has 3 aromatic rings. The van der Waals surface area contributed by atoms with Crippen molar-refractivity contribution >= 4 is 39.4 Å². The summed E-state index contributed by atoms with van der Waals surface area (Å²) in [5, 5.41) is 0.839. The molecule has 0 aliphatic carbocycles. The number of carbonyl (C=O) groups is 1. The van der Waals surface area contributed by atoms with Crippen LogP contribution >= 0.6 is 23.3 Å². The molecule has 1 fully saturated rings. The van der Waals surface area contributed by atoms with Crippen LogP contribution in [0, 0.1) is 6.92 Å². The maximum absolute atomic E-state index is 12.8. The van der Waals surface area contributed by atoms with Crippen molar-refractivity contribution in [1.29, 1.82) is 0 Å². The Morgan fingerprint density at radius 2 is 1.89 bits per heavy atom. The maximum Gasteiger partial charge on any atom is 0.233 e. The summed E-state index contributed by atoms with van der Waals surface area (Å²) in [6, 6.07) is 8.94. The molecule has 1 aliphatic heterocycles. The second kappa shape index (κ2) is 8.17. The van der Waals surface area contributed by atoms with Crippen molar-refractivity contribution in [2.45, 2.75) is 57.1 Å². The number of thioether (sulfide) groups is 1. The first kappa shape index (κ1) is 19.3. The minimum Gasteiger partial charge on any atom is -0.337 e. The van der Waals surface area contributed by atoms with E-state index in [0.717, 1.165) is 39.3 Å². The van der Waals surface area contributed by atoms with E-state index in [-0.39, 0.29) is 5.91 Å². The van der Waals surface area contributed by atoms with E-state index in [1.807, 2.05) is 0 Å². The van der Waals surface area contributed by atoms with Gasteiger partial charge in [-0.05, 0) is 51.6 Å². The van der Waals surface area contributed by atoms with Gasteiger partial charge in [0.1, 0.15) is 27.3 Å². The van der Waals surface area contributed by atoms with E-state index >= 15 is 0 Å².